The van der Waals surface area contributed by atoms with E-state index in [1.807, 2.05) is 0 Å². The molecule has 5 N–H and O–H groups in total. The molecule has 56 valence electrons. The van der Waals surface area contributed by atoms with E-state index in [0.29, 0.717) is 0 Å². The molecule has 0 bridgehead atoms. The lowest BCUT2D eigenvalue weighted by Crippen LogP contribution is -2.56. The fraction of sp³-hybridized carbons (Fsp3) is 0. The van der Waals surface area contributed by atoms with Gasteiger partial charge in [-0.25, -0.2) is 10.1 Å². The predicted octanol–water partition coefficient (Wildman–Crippen LogP) is -2.29. The molecular weight excluding hydrogens is 142 g/mol. The second-order valence-electron chi connectivity index (χ2n) is 0.914. The van der Waals surface area contributed by atoms with Crippen molar-refractivity contribution in [3.05, 3.63) is 26.1 Å². The molecule has 0 heterocycles. The average Bonchev–Trinajstić information content (AvgIpc) is 1.62. The van der Waals surface area contributed by atoms with Crippen LogP contribution in [0.3, 0.4) is 0 Å². The standard InChI is InChI=1S/CH4N4O2.N3/c2-1(3)4-5(6)7;1-3-2/h(H4,2,3,4);/q;-1/p+1. The Morgan fingerprint density at radius 3 is 2.10 bits per heavy atom. The third kappa shape index (κ3) is 37.8. The van der Waals surface area contributed by atoms with Gasteiger partial charge in [-0.15, -0.1) is 0 Å². The molecule has 0 unspecified atom stereocenters. The highest BCUT2D eigenvalue weighted by molar-refractivity contribution is 5.69. The van der Waals surface area contributed by atoms with Gasteiger partial charge in [0, 0.05) is 5.43 Å². The number of hydrogen-bond acceptors (Lipinski definition) is 2. The summed E-state index contributed by atoms with van der Waals surface area (Å²) in [4.78, 5) is 10.8. The fourth-order valence-electron chi connectivity index (χ4n) is 0.105. The van der Waals surface area contributed by atoms with Crippen LogP contribution in [0.2, 0.25) is 0 Å². The topological polar surface area (TPSA) is 165 Å². The second kappa shape index (κ2) is 6.98. The van der Waals surface area contributed by atoms with Crippen LogP contribution in [0.5, 0.6) is 0 Å². The van der Waals surface area contributed by atoms with Gasteiger partial charge >= 0.3 is 5.96 Å². The van der Waals surface area contributed by atoms with Gasteiger partial charge in [0.05, 0.1) is 0 Å². The van der Waals surface area contributed by atoms with Crippen molar-refractivity contribution in [3.63, 3.8) is 0 Å². The molecule has 0 aliphatic carbocycles. The average molecular weight is 147 g/mol. The largest absolute Gasteiger partial charge is 0.401 e. The third-order valence-corrected chi connectivity index (χ3v) is 0.220. The Kier molecular flexibility index (Phi) is 7.59. The molecule has 0 aliphatic heterocycles. The summed E-state index contributed by atoms with van der Waals surface area (Å²) in [6.45, 7) is 0. The van der Waals surface area contributed by atoms with E-state index in [9.17, 15) is 10.1 Å². The van der Waals surface area contributed by atoms with Gasteiger partial charge < -0.3 is 11.1 Å². The van der Waals surface area contributed by atoms with Crippen molar-refractivity contribution in [1.29, 1.82) is 0 Å². The molecule has 0 saturated carbocycles. The third-order valence-electron chi connectivity index (χ3n) is 0.220. The van der Waals surface area contributed by atoms with E-state index in [1.54, 1.807) is 0 Å². The van der Waals surface area contributed by atoms with E-state index < -0.39 is 11.0 Å². The smallest absolute Gasteiger partial charge is 0.373 e. The van der Waals surface area contributed by atoms with E-state index in [0.717, 1.165) is 0 Å². The summed E-state index contributed by atoms with van der Waals surface area (Å²) >= 11 is 0. The zero-order valence-corrected chi connectivity index (χ0v) is 4.76. The van der Waals surface area contributed by atoms with E-state index in [2.05, 4.69) is 11.1 Å². The normalized spacial score (nSPS) is 6.00. The minimum atomic E-state index is -0.838. The number of hydrazine groups is 1. The van der Waals surface area contributed by atoms with Gasteiger partial charge in [-0.3, -0.25) is 16.1 Å². The molecule has 0 rings (SSSR count). The van der Waals surface area contributed by atoms with Crippen molar-refractivity contribution in [2.45, 2.75) is 0 Å². The maximum Gasteiger partial charge on any atom is 0.401 e. The van der Waals surface area contributed by atoms with Crippen LogP contribution in [0.15, 0.2) is 0 Å². The van der Waals surface area contributed by atoms with E-state index in [-0.39, 0.29) is 0 Å². The monoisotopic (exact) mass is 147 g/mol. The van der Waals surface area contributed by atoms with Crippen molar-refractivity contribution >= 4 is 5.96 Å². The van der Waals surface area contributed by atoms with Gasteiger partial charge in [0.15, 0.2) is 0 Å². The molecule has 9 nitrogen and oxygen atoms in total. The Hall–Kier alpha value is -2.02. The van der Waals surface area contributed by atoms with E-state index >= 15 is 0 Å². The number of nitrogens with zero attached hydrogens (tertiary/aromatic N) is 4. The lowest BCUT2D eigenvalue weighted by atomic mass is 11.1. The van der Waals surface area contributed by atoms with Gasteiger partial charge in [0.1, 0.15) is 0 Å². The SMILES string of the molecule is NC(=[NH2+])N[N+](=O)[O-].[N-]=[N+]=[N-]. The molecule has 0 aromatic carbocycles. The quantitative estimate of drug-likeness (QED) is 0.0722. The highest BCUT2D eigenvalue weighted by atomic mass is 16.7. The predicted molar refractivity (Wildman–Crippen MR) is 31.3 cm³/mol. The number of rotatable bonds is 1. The number of nitrogens with one attached hydrogen (secondary N) is 1. The summed E-state index contributed by atoms with van der Waals surface area (Å²) in [6.07, 6.45) is 0. The molecule has 0 fully saturated rings. The molecule has 0 amide bonds. The Labute approximate surface area is 54.9 Å². The fourth-order valence-corrected chi connectivity index (χ4v) is 0.105. The number of nitrogens with two attached hydrogens (primary N) is 2. The zero-order chi connectivity index (χ0) is 8.57. The van der Waals surface area contributed by atoms with Crippen molar-refractivity contribution in [2.75, 3.05) is 0 Å². The molecule has 0 spiro atoms. The summed E-state index contributed by atoms with van der Waals surface area (Å²) in [6, 6.07) is 0. The second-order valence-corrected chi connectivity index (χ2v) is 0.914. The van der Waals surface area contributed by atoms with Crippen molar-refractivity contribution < 1.29 is 10.4 Å². The summed E-state index contributed by atoms with van der Waals surface area (Å²) in [5.74, 6) is -0.412. The molecule has 0 aliphatic rings. The first kappa shape index (κ1) is 10.9. The van der Waals surface area contributed by atoms with E-state index in [1.165, 1.54) is 10.3 Å². The lowest BCUT2D eigenvalue weighted by molar-refractivity contribution is -0.530. The summed E-state index contributed by atoms with van der Waals surface area (Å²) in [5, 5.41) is 13.1. The highest BCUT2D eigenvalue weighted by Gasteiger charge is 2.00. The highest BCUT2D eigenvalue weighted by Crippen LogP contribution is 1.46. The summed E-state index contributed by atoms with van der Waals surface area (Å²) in [5.41, 5.74) is 19.6. The van der Waals surface area contributed by atoms with E-state index in [4.69, 9.17) is 11.1 Å². The van der Waals surface area contributed by atoms with Crippen LogP contribution < -0.4 is 16.6 Å². The summed E-state index contributed by atoms with van der Waals surface area (Å²) in [7, 11) is 0. The Bertz CT molecular complexity index is 143. The van der Waals surface area contributed by atoms with Crippen LogP contribution in [0.4, 0.5) is 0 Å². The molecule has 9 heteroatoms. The lowest BCUT2D eigenvalue weighted by Gasteiger charge is -1.78. The maximum atomic E-state index is 9.32. The van der Waals surface area contributed by atoms with Gasteiger partial charge in [-0.2, -0.15) is 0 Å². The molecule has 0 aromatic rings. The Morgan fingerprint density at radius 1 is 1.80 bits per heavy atom. The van der Waals surface area contributed by atoms with Crippen LogP contribution in [0.25, 0.3) is 16.0 Å². The van der Waals surface area contributed by atoms with Crippen LogP contribution >= 0.6 is 0 Å². The molecule has 0 atom stereocenters. The Balaban J connectivity index is 0. The van der Waals surface area contributed by atoms with Crippen LogP contribution in [0.1, 0.15) is 0 Å². The van der Waals surface area contributed by atoms with Crippen LogP contribution in [-0.2, 0) is 0 Å². The summed E-state index contributed by atoms with van der Waals surface area (Å²) < 4.78 is 0. The zero-order valence-electron chi connectivity index (χ0n) is 4.76. The Morgan fingerprint density at radius 2 is 2.10 bits per heavy atom. The van der Waals surface area contributed by atoms with Gasteiger partial charge in [0.25, 0.3) is 0 Å². The molecule has 0 radical (unpaired) electrons. The van der Waals surface area contributed by atoms with Gasteiger partial charge in [-0.05, 0) is 0 Å². The first-order valence-electron chi connectivity index (χ1n) is 1.82. The molecule has 0 aromatic heterocycles. The van der Waals surface area contributed by atoms with Crippen molar-refractivity contribution in [1.82, 2.24) is 5.43 Å². The van der Waals surface area contributed by atoms with Crippen molar-refractivity contribution in [2.24, 2.45) is 5.73 Å². The molecule has 0 saturated heterocycles. The van der Waals surface area contributed by atoms with Gasteiger partial charge in [-0.1, -0.05) is 0 Å². The number of guanidine groups is 1. The molecule has 10 heavy (non-hydrogen) atoms. The minimum Gasteiger partial charge on any atom is -0.373 e. The van der Waals surface area contributed by atoms with Crippen LogP contribution in [-0.4, -0.2) is 11.0 Å². The maximum absolute atomic E-state index is 9.32. The minimum absolute atomic E-state index is 0.412. The number of nitro groups is 1. The first-order chi connectivity index (χ1) is 4.54. The molecular formula is CH5N7O2. The van der Waals surface area contributed by atoms with Crippen molar-refractivity contribution in [3.8, 4) is 0 Å². The van der Waals surface area contributed by atoms with Crippen LogP contribution in [0, 0.1) is 10.1 Å². The number of hydrogen-bond donors (Lipinski definition) is 3. The van der Waals surface area contributed by atoms with Gasteiger partial charge in [0.2, 0.25) is 5.03 Å². The first-order valence-corrected chi connectivity index (χ1v) is 1.82.